The van der Waals surface area contributed by atoms with E-state index in [1.54, 1.807) is 29.7 Å². The molecule has 152 valence electrons. The van der Waals surface area contributed by atoms with E-state index in [0.717, 1.165) is 39.5 Å². The van der Waals surface area contributed by atoms with Crippen molar-refractivity contribution < 1.29 is 13.6 Å². The molecule has 0 saturated carbocycles. The second-order valence-corrected chi connectivity index (χ2v) is 7.24. The Kier molecular flexibility index (Phi) is 6.54. The maximum atomic E-state index is 13.8. The summed E-state index contributed by atoms with van der Waals surface area (Å²) in [6, 6.07) is 12.7. The molecule has 0 unspecified atom stereocenters. The Labute approximate surface area is 182 Å². The summed E-state index contributed by atoms with van der Waals surface area (Å²) in [6.07, 6.45) is 3.22. The quantitative estimate of drug-likeness (QED) is 0.412. The molecule has 0 aliphatic rings. The summed E-state index contributed by atoms with van der Waals surface area (Å²) in [5.74, 6) is -2.69. The molecule has 4 aromatic rings. The van der Waals surface area contributed by atoms with Crippen LogP contribution in [0.25, 0.3) is 21.8 Å². The molecular weight excluding hydrogens is 428 g/mol. The molecule has 1 N–H and O–H groups in total. The van der Waals surface area contributed by atoms with Gasteiger partial charge in [-0.05, 0) is 42.8 Å². The molecule has 30 heavy (non-hydrogen) atoms. The van der Waals surface area contributed by atoms with Crippen LogP contribution in [0.4, 0.5) is 14.5 Å². The average molecular weight is 444 g/mol. The van der Waals surface area contributed by atoms with Gasteiger partial charge in [0.1, 0.15) is 22.2 Å². The van der Waals surface area contributed by atoms with E-state index in [-0.39, 0.29) is 12.4 Å². The summed E-state index contributed by atoms with van der Waals surface area (Å²) in [6.45, 7) is 1.99. The molecule has 0 aliphatic heterocycles. The highest BCUT2D eigenvalue weighted by atomic mass is 35.5. The number of thiazole rings is 1. The van der Waals surface area contributed by atoms with E-state index in [1.165, 1.54) is 12.3 Å². The van der Waals surface area contributed by atoms with Crippen molar-refractivity contribution in [2.45, 2.75) is 6.92 Å². The van der Waals surface area contributed by atoms with Crippen molar-refractivity contribution in [2.75, 3.05) is 5.32 Å². The lowest BCUT2D eigenvalue weighted by Crippen LogP contribution is -2.15. The number of halogens is 3. The minimum absolute atomic E-state index is 0. The van der Waals surface area contributed by atoms with Gasteiger partial charge in [0.2, 0.25) is 0 Å². The highest BCUT2D eigenvalue weighted by Gasteiger charge is 2.17. The number of hydrogen-bond acceptors (Lipinski definition) is 4. The molecule has 4 nitrogen and oxygen atoms in total. The molecule has 1 amide bonds. The summed E-state index contributed by atoms with van der Waals surface area (Å²) in [4.78, 5) is 21.0. The Morgan fingerprint density at radius 3 is 2.43 bits per heavy atom. The monoisotopic (exact) mass is 443 g/mol. The van der Waals surface area contributed by atoms with Gasteiger partial charge < -0.3 is 5.32 Å². The predicted molar refractivity (Wildman–Crippen MR) is 117 cm³/mol. The lowest BCUT2D eigenvalue weighted by molar-refractivity contribution is 0.101. The summed E-state index contributed by atoms with van der Waals surface area (Å²) in [7, 11) is 0. The number of nitrogens with one attached hydrogen (secondary N) is 1. The molecule has 0 atom stereocenters. The zero-order valence-electron chi connectivity index (χ0n) is 15.7. The second kappa shape index (κ2) is 9.11. The molecule has 0 spiro atoms. The molecule has 8 heteroatoms. The molecule has 0 saturated heterocycles. The zero-order chi connectivity index (χ0) is 20.4. The number of benzene rings is 2. The fourth-order valence-corrected chi connectivity index (χ4v) is 3.57. The second-order valence-electron chi connectivity index (χ2n) is 6.35. The van der Waals surface area contributed by atoms with E-state index in [1.807, 2.05) is 30.5 Å². The van der Waals surface area contributed by atoms with Crippen LogP contribution >= 0.6 is 23.7 Å². The van der Waals surface area contributed by atoms with Gasteiger partial charge in [-0.25, -0.2) is 13.8 Å². The number of rotatable bonds is 4. The number of nitrogens with zero attached hydrogens (tertiary/aromatic N) is 2. The first-order valence-electron chi connectivity index (χ1n) is 8.75. The molecule has 0 fully saturated rings. The van der Waals surface area contributed by atoms with E-state index in [2.05, 4.69) is 15.3 Å². The van der Waals surface area contributed by atoms with Gasteiger partial charge in [-0.1, -0.05) is 18.2 Å². The van der Waals surface area contributed by atoms with Crippen LogP contribution in [0.2, 0.25) is 0 Å². The summed E-state index contributed by atoms with van der Waals surface area (Å²) in [5.41, 5.74) is 3.42. The zero-order valence-corrected chi connectivity index (χ0v) is 17.4. The normalized spacial score (nSPS) is 10.4. The Balaban J connectivity index is 0.00000256. The first-order chi connectivity index (χ1) is 14.0. The minimum Gasteiger partial charge on any atom is -0.320 e. The number of anilines is 1. The van der Waals surface area contributed by atoms with Gasteiger partial charge in [0, 0.05) is 22.7 Å². The first-order valence-corrected chi connectivity index (χ1v) is 9.63. The van der Waals surface area contributed by atoms with Crippen LogP contribution in [-0.2, 0) is 0 Å². The predicted octanol–water partition coefficient (Wildman–Crippen LogP) is 6.13. The van der Waals surface area contributed by atoms with Crippen LogP contribution in [0.1, 0.15) is 15.9 Å². The lowest BCUT2D eigenvalue weighted by Gasteiger charge is -2.10. The summed E-state index contributed by atoms with van der Waals surface area (Å²) >= 11 is 1.55. The van der Waals surface area contributed by atoms with Gasteiger partial charge in [0.15, 0.2) is 0 Å². The van der Waals surface area contributed by atoms with Gasteiger partial charge in [0.25, 0.3) is 5.91 Å². The van der Waals surface area contributed by atoms with Crippen LogP contribution < -0.4 is 5.32 Å². The molecule has 0 radical (unpaired) electrons. The minimum atomic E-state index is -0.915. The molecule has 4 rings (SSSR count). The van der Waals surface area contributed by atoms with Gasteiger partial charge in [0.05, 0.1) is 17.6 Å². The number of aryl methyl sites for hydroxylation is 1. The van der Waals surface area contributed by atoms with Crippen LogP contribution in [0.15, 0.2) is 66.3 Å². The van der Waals surface area contributed by atoms with Crippen molar-refractivity contribution in [3.05, 3.63) is 89.1 Å². The summed E-state index contributed by atoms with van der Waals surface area (Å²) in [5, 5.41) is 5.32. The Morgan fingerprint density at radius 2 is 1.80 bits per heavy atom. The van der Waals surface area contributed by atoms with Crippen molar-refractivity contribution >= 4 is 35.3 Å². The van der Waals surface area contributed by atoms with Gasteiger partial charge in [-0.2, -0.15) is 0 Å². The number of carbonyl (C=O) groups excluding carboxylic acids is 1. The third-order valence-corrected chi connectivity index (χ3v) is 5.23. The van der Waals surface area contributed by atoms with E-state index in [0.29, 0.717) is 5.69 Å². The molecule has 0 aliphatic carbocycles. The third-order valence-electron chi connectivity index (χ3n) is 4.40. The van der Waals surface area contributed by atoms with E-state index >= 15 is 0 Å². The van der Waals surface area contributed by atoms with Crippen molar-refractivity contribution in [1.82, 2.24) is 9.97 Å². The Bertz CT molecular complexity index is 1160. The number of pyridine rings is 1. The largest absolute Gasteiger partial charge is 0.320 e. The number of hydrogen-bond donors (Lipinski definition) is 1. The van der Waals surface area contributed by atoms with E-state index < -0.39 is 23.1 Å². The molecule has 2 aromatic heterocycles. The van der Waals surface area contributed by atoms with Crippen LogP contribution in [0, 0.1) is 18.6 Å². The number of aromatic nitrogens is 2. The van der Waals surface area contributed by atoms with Crippen LogP contribution in [-0.4, -0.2) is 15.9 Å². The van der Waals surface area contributed by atoms with E-state index in [9.17, 15) is 13.6 Å². The standard InChI is InChI=1S/C22H15F2N3OS.ClH/c1-13-5-6-14(22-25-9-10-29-22)11-16(13)19-8-7-15(12-26-19)27-21(28)20-17(23)3-2-4-18(20)24;/h2-12H,1H3,(H,27,28);1H. The van der Waals surface area contributed by atoms with Gasteiger partial charge in [-0.15, -0.1) is 23.7 Å². The van der Waals surface area contributed by atoms with Crippen LogP contribution in [0.5, 0.6) is 0 Å². The van der Waals surface area contributed by atoms with Crippen molar-refractivity contribution in [3.8, 4) is 21.8 Å². The maximum absolute atomic E-state index is 13.8. The number of carbonyl (C=O) groups is 1. The summed E-state index contributed by atoms with van der Waals surface area (Å²) < 4.78 is 27.5. The Morgan fingerprint density at radius 1 is 1.03 bits per heavy atom. The molecule has 0 bridgehead atoms. The third kappa shape index (κ3) is 4.37. The van der Waals surface area contributed by atoms with E-state index in [4.69, 9.17) is 0 Å². The van der Waals surface area contributed by atoms with Gasteiger partial charge in [-0.3, -0.25) is 9.78 Å². The van der Waals surface area contributed by atoms with Crippen molar-refractivity contribution in [1.29, 1.82) is 0 Å². The number of amides is 1. The smallest absolute Gasteiger partial charge is 0.261 e. The highest BCUT2D eigenvalue weighted by Crippen LogP contribution is 2.29. The molecular formula is C22H16ClF2N3OS. The highest BCUT2D eigenvalue weighted by molar-refractivity contribution is 7.13. The fraction of sp³-hybridized carbons (Fsp3) is 0.0455. The fourth-order valence-electron chi connectivity index (χ4n) is 2.93. The maximum Gasteiger partial charge on any atom is 0.261 e. The lowest BCUT2D eigenvalue weighted by atomic mass is 10.0. The Hall–Kier alpha value is -3.16. The average Bonchev–Trinajstić information content (AvgIpc) is 3.24. The van der Waals surface area contributed by atoms with Gasteiger partial charge >= 0.3 is 0 Å². The van der Waals surface area contributed by atoms with Crippen LogP contribution in [0.3, 0.4) is 0 Å². The molecule has 2 heterocycles. The van der Waals surface area contributed by atoms with Crippen molar-refractivity contribution in [3.63, 3.8) is 0 Å². The topological polar surface area (TPSA) is 54.9 Å². The molecule has 2 aromatic carbocycles. The SMILES string of the molecule is Cc1ccc(-c2nccs2)cc1-c1ccc(NC(=O)c2c(F)cccc2F)cn1.Cl. The first kappa shape index (κ1) is 21.5. The van der Waals surface area contributed by atoms with Crippen molar-refractivity contribution in [2.24, 2.45) is 0 Å².